The molecule has 1 aromatic carbocycles. The monoisotopic (exact) mass is 295 g/mol. The van der Waals surface area contributed by atoms with E-state index in [2.05, 4.69) is 11.9 Å². The molecular formula is C16H22ClNO2. The van der Waals surface area contributed by atoms with Crippen LogP contribution >= 0.6 is 11.6 Å². The lowest BCUT2D eigenvalue weighted by Gasteiger charge is -2.14. The Morgan fingerprint density at radius 2 is 2.40 bits per heavy atom. The molecule has 0 bridgehead atoms. The Morgan fingerprint density at radius 1 is 1.50 bits per heavy atom. The van der Waals surface area contributed by atoms with Gasteiger partial charge in [-0.15, -0.1) is 6.58 Å². The molecule has 110 valence electrons. The number of benzene rings is 1. The summed E-state index contributed by atoms with van der Waals surface area (Å²) in [5.74, 6) is 0.771. The average molecular weight is 296 g/mol. The highest BCUT2D eigenvalue weighted by Gasteiger charge is 2.14. The number of ether oxygens (including phenoxy) is 2. The lowest BCUT2D eigenvalue weighted by molar-refractivity contribution is 0.109. The predicted molar refractivity (Wildman–Crippen MR) is 82.7 cm³/mol. The van der Waals surface area contributed by atoms with Crippen LogP contribution in [-0.4, -0.2) is 32.4 Å². The van der Waals surface area contributed by atoms with Gasteiger partial charge in [0.15, 0.2) is 0 Å². The largest absolute Gasteiger partial charge is 0.490 e. The number of para-hydroxylation sites is 1. The van der Waals surface area contributed by atoms with E-state index in [1.165, 1.54) is 6.42 Å². The summed E-state index contributed by atoms with van der Waals surface area (Å²) in [4.78, 5) is 0. The van der Waals surface area contributed by atoms with Gasteiger partial charge < -0.3 is 14.8 Å². The van der Waals surface area contributed by atoms with Crippen molar-refractivity contribution in [2.24, 2.45) is 0 Å². The molecule has 0 aromatic heterocycles. The number of hydrogen-bond acceptors (Lipinski definition) is 3. The second-order valence-electron chi connectivity index (χ2n) is 4.91. The van der Waals surface area contributed by atoms with E-state index in [0.29, 0.717) is 17.7 Å². The summed E-state index contributed by atoms with van der Waals surface area (Å²) in [5.41, 5.74) is 1.08. The van der Waals surface area contributed by atoms with Crippen LogP contribution in [0.2, 0.25) is 5.02 Å². The zero-order valence-corrected chi connectivity index (χ0v) is 12.5. The van der Waals surface area contributed by atoms with Gasteiger partial charge in [-0.2, -0.15) is 0 Å². The fourth-order valence-corrected chi connectivity index (χ4v) is 2.57. The van der Waals surface area contributed by atoms with Gasteiger partial charge in [0.2, 0.25) is 0 Å². The van der Waals surface area contributed by atoms with Crippen LogP contribution in [0.25, 0.3) is 0 Å². The average Bonchev–Trinajstić information content (AvgIpc) is 2.94. The van der Waals surface area contributed by atoms with E-state index in [4.69, 9.17) is 21.1 Å². The van der Waals surface area contributed by atoms with Gasteiger partial charge in [0, 0.05) is 19.7 Å². The first-order valence-electron chi connectivity index (χ1n) is 7.14. The van der Waals surface area contributed by atoms with Crippen molar-refractivity contribution in [1.82, 2.24) is 5.32 Å². The first-order chi connectivity index (χ1) is 9.81. The number of rotatable bonds is 8. The molecule has 0 radical (unpaired) electrons. The molecule has 1 N–H and O–H groups in total. The van der Waals surface area contributed by atoms with E-state index in [-0.39, 0.29) is 0 Å². The number of nitrogens with one attached hydrogen (secondary N) is 1. The molecule has 20 heavy (non-hydrogen) atoms. The van der Waals surface area contributed by atoms with E-state index in [1.807, 2.05) is 24.3 Å². The second kappa shape index (κ2) is 8.30. The second-order valence-corrected chi connectivity index (χ2v) is 5.32. The molecule has 0 aliphatic carbocycles. The molecule has 0 saturated carbocycles. The Morgan fingerprint density at radius 3 is 3.15 bits per heavy atom. The van der Waals surface area contributed by atoms with Crippen LogP contribution in [-0.2, 0) is 11.2 Å². The SMILES string of the molecule is C=CCc1cccc(Cl)c1OCCNC[C@@H]1CCCO1. The topological polar surface area (TPSA) is 30.5 Å². The minimum atomic E-state index is 0.367. The van der Waals surface area contributed by atoms with Crippen molar-refractivity contribution in [3.63, 3.8) is 0 Å². The fraction of sp³-hybridized carbons (Fsp3) is 0.500. The molecular weight excluding hydrogens is 274 g/mol. The molecule has 0 amide bonds. The van der Waals surface area contributed by atoms with Gasteiger partial charge >= 0.3 is 0 Å². The molecule has 4 heteroatoms. The maximum absolute atomic E-state index is 6.18. The first kappa shape index (κ1) is 15.4. The third-order valence-corrected chi connectivity index (χ3v) is 3.63. The highest BCUT2D eigenvalue weighted by Crippen LogP contribution is 2.29. The third kappa shape index (κ3) is 4.51. The van der Waals surface area contributed by atoms with Crippen molar-refractivity contribution in [1.29, 1.82) is 0 Å². The molecule has 0 unspecified atom stereocenters. The summed E-state index contributed by atoms with van der Waals surface area (Å²) in [6.07, 6.45) is 5.31. The van der Waals surface area contributed by atoms with Crippen LogP contribution in [0.15, 0.2) is 30.9 Å². The number of hydrogen-bond donors (Lipinski definition) is 1. The van der Waals surface area contributed by atoms with Gasteiger partial charge in [-0.25, -0.2) is 0 Å². The van der Waals surface area contributed by atoms with Gasteiger partial charge in [-0.1, -0.05) is 29.8 Å². The molecule has 1 atom stereocenters. The molecule has 2 rings (SSSR count). The highest BCUT2D eigenvalue weighted by atomic mass is 35.5. The van der Waals surface area contributed by atoms with E-state index in [9.17, 15) is 0 Å². The standard InChI is InChI=1S/C16H22ClNO2/c1-2-5-13-6-3-8-15(17)16(13)20-11-9-18-12-14-7-4-10-19-14/h2-3,6,8,14,18H,1,4-5,7,9-12H2/t14-/m0/s1. The molecule has 1 saturated heterocycles. The molecule has 1 aliphatic heterocycles. The van der Waals surface area contributed by atoms with Crippen LogP contribution in [0.1, 0.15) is 18.4 Å². The number of allylic oxidation sites excluding steroid dienone is 1. The molecule has 3 nitrogen and oxygen atoms in total. The molecule has 1 fully saturated rings. The Kier molecular flexibility index (Phi) is 6.37. The van der Waals surface area contributed by atoms with Gasteiger partial charge in [-0.05, 0) is 30.9 Å². The van der Waals surface area contributed by atoms with Gasteiger partial charge in [-0.3, -0.25) is 0 Å². The van der Waals surface area contributed by atoms with Crippen molar-refractivity contribution < 1.29 is 9.47 Å². The highest BCUT2D eigenvalue weighted by molar-refractivity contribution is 6.32. The van der Waals surface area contributed by atoms with E-state index in [1.54, 1.807) is 0 Å². The zero-order valence-electron chi connectivity index (χ0n) is 11.7. The van der Waals surface area contributed by atoms with E-state index < -0.39 is 0 Å². The third-order valence-electron chi connectivity index (χ3n) is 3.33. The quantitative estimate of drug-likeness (QED) is 0.590. The summed E-state index contributed by atoms with van der Waals surface area (Å²) in [5, 5.41) is 4.01. The fourth-order valence-electron chi connectivity index (χ4n) is 2.33. The Hall–Kier alpha value is -1.03. The normalized spacial score (nSPS) is 18.1. The van der Waals surface area contributed by atoms with Crippen LogP contribution in [0, 0.1) is 0 Å². The van der Waals surface area contributed by atoms with Crippen molar-refractivity contribution >= 4 is 11.6 Å². The molecule has 0 spiro atoms. The van der Waals surface area contributed by atoms with Crippen molar-refractivity contribution in [2.45, 2.75) is 25.4 Å². The summed E-state index contributed by atoms with van der Waals surface area (Å²) >= 11 is 6.18. The Bertz CT molecular complexity index is 430. The molecule has 1 aromatic rings. The van der Waals surface area contributed by atoms with E-state index >= 15 is 0 Å². The van der Waals surface area contributed by atoms with Crippen LogP contribution < -0.4 is 10.1 Å². The van der Waals surface area contributed by atoms with Gasteiger partial charge in [0.25, 0.3) is 0 Å². The summed E-state index contributed by atoms with van der Waals surface area (Å²) in [7, 11) is 0. The summed E-state index contributed by atoms with van der Waals surface area (Å²) < 4.78 is 11.4. The Balaban J connectivity index is 1.74. The van der Waals surface area contributed by atoms with Crippen LogP contribution in [0.5, 0.6) is 5.75 Å². The maximum atomic E-state index is 6.18. The smallest absolute Gasteiger partial charge is 0.141 e. The lowest BCUT2D eigenvalue weighted by atomic mass is 10.1. The van der Waals surface area contributed by atoms with E-state index in [0.717, 1.165) is 43.9 Å². The minimum absolute atomic E-state index is 0.367. The summed E-state index contributed by atoms with van der Waals surface area (Å²) in [6, 6.07) is 5.80. The minimum Gasteiger partial charge on any atom is -0.490 e. The van der Waals surface area contributed by atoms with Crippen molar-refractivity contribution in [3.8, 4) is 5.75 Å². The molecule has 1 heterocycles. The summed E-state index contributed by atoms with van der Waals surface area (Å²) in [6.45, 7) is 6.93. The lowest BCUT2D eigenvalue weighted by Crippen LogP contribution is -2.29. The zero-order chi connectivity index (χ0) is 14.2. The van der Waals surface area contributed by atoms with Crippen molar-refractivity contribution in [3.05, 3.63) is 41.4 Å². The predicted octanol–water partition coefficient (Wildman–Crippen LogP) is 3.22. The van der Waals surface area contributed by atoms with Gasteiger partial charge in [0.1, 0.15) is 12.4 Å². The number of halogens is 1. The van der Waals surface area contributed by atoms with Crippen LogP contribution in [0.4, 0.5) is 0 Å². The first-order valence-corrected chi connectivity index (χ1v) is 7.52. The van der Waals surface area contributed by atoms with Crippen LogP contribution in [0.3, 0.4) is 0 Å². The van der Waals surface area contributed by atoms with Gasteiger partial charge in [0.05, 0.1) is 11.1 Å². The van der Waals surface area contributed by atoms with Crippen molar-refractivity contribution in [2.75, 3.05) is 26.3 Å². The maximum Gasteiger partial charge on any atom is 0.141 e. The Labute approximate surface area is 125 Å². The molecule has 1 aliphatic rings.